The van der Waals surface area contributed by atoms with Gasteiger partial charge in [0, 0.05) is 13.2 Å². The summed E-state index contributed by atoms with van der Waals surface area (Å²) in [5.41, 5.74) is 0. The molecule has 126 valence electrons. The number of rotatable bonds is 6. The molecule has 0 radical (unpaired) electrons. The van der Waals surface area contributed by atoms with Gasteiger partial charge in [-0.15, -0.1) is 0 Å². The van der Waals surface area contributed by atoms with Crippen molar-refractivity contribution in [3.8, 4) is 11.5 Å². The maximum absolute atomic E-state index is 11.8. The monoisotopic (exact) mass is 321 g/mol. The number of esters is 1. The van der Waals surface area contributed by atoms with Crippen molar-refractivity contribution in [3.05, 3.63) is 24.3 Å². The fraction of sp³-hybridized carbons (Fsp3) is 0.529. The molecule has 0 spiro atoms. The zero-order valence-corrected chi connectivity index (χ0v) is 13.5. The van der Waals surface area contributed by atoms with Gasteiger partial charge < -0.3 is 19.5 Å². The molecule has 23 heavy (non-hydrogen) atoms. The summed E-state index contributed by atoms with van der Waals surface area (Å²) in [6, 6.07) is 6.65. The highest BCUT2D eigenvalue weighted by Crippen LogP contribution is 2.21. The van der Waals surface area contributed by atoms with E-state index in [1.807, 2.05) is 6.92 Å². The zero-order chi connectivity index (χ0) is 16.7. The summed E-state index contributed by atoms with van der Waals surface area (Å²) in [4.78, 5) is 23.6. The lowest BCUT2D eigenvalue weighted by atomic mass is 10.2. The highest BCUT2D eigenvalue weighted by Gasteiger charge is 2.22. The number of benzene rings is 1. The van der Waals surface area contributed by atoms with Crippen LogP contribution in [0.4, 0.5) is 0 Å². The molecule has 1 N–H and O–H groups in total. The Kier molecular flexibility index (Phi) is 6.40. The Balaban J connectivity index is 1.91. The van der Waals surface area contributed by atoms with Crippen LogP contribution in [0, 0.1) is 0 Å². The molecule has 1 aromatic rings. The van der Waals surface area contributed by atoms with Gasteiger partial charge in [0.1, 0.15) is 11.5 Å². The van der Waals surface area contributed by atoms with E-state index in [1.54, 1.807) is 31.2 Å². The zero-order valence-electron chi connectivity index (χ0n) is 13.5. The second-order valence-corrected chi connectivity index (χ2v) is 5.38. The van der Waals surface area contributed by atoms with Crippen LogP contribution in [-0.2, 0) is 14.3 Å². The molecule has 0 bridgehead atoms. The van der Waals surface area contributed by atoms with Crippen LogP contribution in [0.3, 0.4) is 0 Å². The van der Waals surface area contributed by atoms with Gasteiger partial charge in [-0.2, -0.15) is 0 Å². The van der Waals surface area contributed by atoms with Crippen molar-refractivity contribution in [2.45, 2.75) is 45.3 Å². The molecule has 1 saturated heterocycles. The van der Waals surface area contributed by atoms with E-state index in [0.29, 0.717) is 31.1 Å². The predicted molar refractivity (Wildman–Crippen MR) is 84.4 cm³/mol. The second-order valence-electron chi connectivity index (χ2n) is 5.38. The van der Waals surface area contributed by atoms with Crippen molar-refractivity contribution in [2.24, 2.45) is 0 Å². The lowest BCUT2D eigenvalue weighted by Gasteiger charge is -2.16. The van der Waals surface area contributed by atoms with Crippen LogP contribution in [0.2, 0.25) is 0 Å². The summed E-state index contributed by atoms with van der Waals surface area (Å²) < 4.78 is 16.1. The molecule has 2 atom stereocenters. The van der Waals surface area contributed by atoms with E-state index >= 15 is 0 Å². The van der Waals surface area contributed by atoms with Crippen molar-refractivity contribution in [1.29, 1.82) is 0 Å². The van der Waals surface area contributed by atoms with Crippen LogP contribution >= 0.6 is 0 Å². The number of ether oxygens (including phenoxy) is 3. The highest BCUT2D eigenvalue weighted by atomic mass is 16.6. The van der Waals surface area contributed by atoms with Crippen LogP contribution < -0.4 is 14.8 Å². The molecule has 0 aromatic heterocycles. The van der Waals surface area contributed by atoms with Crippen molar-refractivity contribution >= 4 is 11.9 Å². The van der Waals surface area contributed by atoms with E-state index < -0.39 is 18.2 Å². The Morgan fingerprint density at radius 2 is 1.96 bits per heavy atom. The number of hydrogen-bond donors (Lipinski definition) is 1. The predicted octanol–water partition coefficient (Wildman–Crippen LogP) is 2.06. The molecule has 6 heteroatoms. The topological polar surface area (TPSA) is 73.9 Å². The minimum Gasteiger partial charge on any atom is -0.481 e. The second kappa shape index (κ2) is 8.53. The molecular formula is C17H23NO5. The molecule has 1 fully saturated rings. The van der Waals surface area contributed by atoms with Gasteiger partial charge in [0.15, 0.2) is 12.2 Å². The molecule has 0 aliphatic carbocycles. The van der Waals surface area contributed by atoms with Gasteiger partial charge in [-0.25, -0.2) is 4.79 Å². The van der Waals surface area contributed by atoms with Crippen LogP contribution in [-0.4, -0.2) is 37.2 Å². The quantitative estimate of drug-likeness (QED) is 0.641. The Bertz CT molecular complexity index is 528. The maximum atomic E-state index is 11.8. The first-order valence-corrected chi connectivity index (χ1v) is 7.98. The molecule has 1 aliphatic heterocycles. The van der Waals surface area contributed by atoms with Gasteiger partial charge in [-0.1, -0.05) is 0 Å². The largest absolute Gasteiger partial charge is 0.481 e. The third-order valence-corrected chi connectivity index (χ3v) is 3.55. The number of amides is 1. The first kappa shape index (κ1) is 17.3. The van der Waals surface area contributed by atoms with E-state index in [1.165, 1.54) is 0 Å². The molecule has 2 rings (SSSR count). The standard InChI is InChI=1S/C17H23NO5/c1-3-21-12(2)17(20)23-14-9-7-13(8-10-14)22-15-6-4-5-11-18-16(15)19/h7-10,12,15H,3-6,11H2,1-2H3,(H,18,19)/t12-,15+/m1/s1. The van der Waals surface area contributed by atoms with Crippen molar-refractivity contribution in [1.82, 2.24) is 5.32 Å². The Morgan fingerprint density at radius 3 is 2.65 bits per heavy atom. The first-order chi connectivity index (χ1) is 11.1. The summed E-state index contributed by atoms with van der Waals surface area (Å²) in [6.45, 7) is 4.62. The Morgan fingerprint density at radius 1 is 1.26 bits per heavy atom. The maximum Gasteiger partial charge on any atom is 0.340 e. The van der Waals surface area contributed by atoms with Gasteiger partial charge in [0.25, 0.3) is 5.91 Å². The fourth-order valence-corrected chi connectivity index (χ4v) is 2.29. The average molecular weight is 321 g/mol. The molecule has 0 unspecified atom stereocenters. The Labute approximate surface area is 136 Å². The summed E-state index contributed by atoms with van der Waals surface area (Å²) in [7, 11) is 0. The fourth-order valence-electron chi connectivity index (χ4n) is 2.29. The van der Waals surface area contributed by atoms with E-state index in [2.05, 4.69) is 5.32 Å². The number of nitrogens with one attached hydrogen (secondary N) is 1. The average Bonchev–Trinajstić information content (AvgIpc) is 2.74. The van der Waals surface area contributed by atoms with Gasteiger partial charge in [-0.3, -0.25) is 4.79 Å². The van der Waals surface area contributed by atoms with Crippen molar-refractivity contribution < 1.29 is 23.8 Å². The highest BCUT2D eigenvalue weighted by molar-refractivity contribution is 5.81. The van der Waals surface area contributed by atoms with Crippen LogP contribution in [0.1, 0.15) is 33.1 Å². The summed E-state index contributed by atoms with van der Waals surface area (Å²) in [5.74, 6) is 0.469. The van der Waals surface area contributed by atoms with Gasteiger partial charge in [0.2, 0.25) is 0 Å². The normalized spacial score (nSPS) is 19.4. The van der Waals surface area contributed by atoms with Crippen LogP contribution in [0.15, 0.2) is 24.3 Å². The van der Waals surface area contributed by atoms with Gasteiger partial charge in [0.05, 0.1) is 0 Å². The van der Waals surface area contributed by atoms with E-state index in [9.17, 15) is 9.59 Å². The Hall–Kier alpha value is -2.08. The smallest absolute Gasteiger partial charge is 0.340 e. The minimum absolute atomic E-state index is 0.0801. The number of hydrogen-bond acceptors (Lipinski definition) is 5. The molecule has 0 saturated carbocycles. The van der Waals surface area contributed by atoms with Crippen molar-refractivity contribution in [3.63, 3.8) is 0 Å². The van der Waals surface area contributed by atoms with Crippen LogP contribution in [0.25, 0.3) is 0 Å². The SMILES string of the molecule is CCO[C@H](C)C(=O)Oc1ccc(O[C@H]2CCCCNC2=O)cc1. The van der Waals surface area contributed by atoms with E-state index in [4.69, 9.17) is 14.2 Å². The van der Waals surface area contributed by atoms with Crippen LogP contribution in [0.5, 0.6) is 11.5 Å². The molecule has 1 aliphatic rings. The third kappa shape index (κ3) is 5.25. The van der Waals surface area contributed by atoms with E-state index in [-0.39, 0.29) is 5.91 Å². The van der Waals surface area contributed by atoms with Gasteiger partial charge in [-0.05, 0) is 57.4 Å². The first-order valence-electron chi connectivity index (χ1n) is 7.98. The molecule has 6 nitrogen and oxygen atoms in total. The lowest BCUT2D eigenvalue weighted by Crippen LogP contribution is -2.36. The third-order valence-electron chi connectivity index (χ3n) is 3.55. The summed E-state index contributed by atoms with van der Waals surface area (Å²) in [6.07, 6.45) is 1.55. The van der Waals surface area contributed by atoms with Crippen molar-refractivity contribution in [2.75, 3.05) is 13.2 Å². The summed E-state index contributed by atoms with van der Waals surface area (Å²) in [5, 5.41) is 2.83. The minimum atomic E-state index is -0.606. The number of carbonyl (C=O) groups is 2. The molecule has 1 aromatic carbocycles. The molecule has 1 amide bonds. The molecular weight excluding hydrogens is 298 g/mol. The van der Waals surface area contributed by atoms with Gasteiger partial charge >= 0.3 is 5.97 Å². The van der Waals surface area contributed by atoms with E-state index in [0.717, 1.165) is 12.8 Å². The lowest BCUT2D eigenvalue weighted by molar-refractivity contribution is -0.145. The number of carbonyl (C=O) groups excluding carboxylic acids is 2. The molecule has 1 heterocycles. The summed E-state index contributed by atoms with van der Waals surface area (Å²) >= 11 is 0.